The van der Waals surface area contributed by atoms with Crippen molar-refractivity contribution in [1.29, 1.82) is 0 Å². The van der Waals surface area contributed by atoms with Crippen LogP contribution in [0.5, 0.6) is 0 Å². The maximum atomic E-state index is 11.9. The van der Waals surface area contributed by atoms with Crippen molar-refractivity contribution < 1.29 is 18.3 Å². The average Bonchev–Trinajstić information content (AvgIpc) is 2.63. The summed E-state index contributed by atoms with van der Waals surface area (Å²) in [5, 5.41) is 8.82. The highest BCUT2D eigenvalue weighted by molar-refractivity contribution is 7.91. The van der Waals surface area contributed by atoms with E-state index in [2.05, 4.69) is 9.71 Å². The van der Waals surface area contributed by atoms with Gasteiger partial charge in [-0.2, -0.15) is 0 Å². The van der Waals surface area contributed by atoms with Crippen LogP contribution in [0.15, 0.2) is 9.72 Å². The molecule has 0 aromatic carbocycles. The Balaban J connectivity index is 2.20. The minimum atomic E-state index is -3.75. The van der Waals surface area contributed by atoms with E-state index >= 15 is 0 Å². The molecular weight excluding hydrogens is 264 g/mol. The Bertz CT molecular complexity index is 531. The number of carbonyl (C=O) groups is 1. The molecule has 0 amide bonds. The van der Waals surface area contributed by atoms with Crippen LogP contribution in [0.3, 0.4) is 0 Å². The highest BCUT2D eigenvalue weighted by atomic mass is 32.2. The molecular formula is C9H12N2O4S2. The molecule has 0 saturated heterocycles. The minimum Gasteiger partial charge on any atom is -0.476 e. The fraction of sp³-hybridized carbons (Fsp3) is 0.556. The molecule has 1 aromatic heterocycles. The fourth-order valence-corrected chi connectivity index (χ4v) is 4.26. The molecule has 2 rings (SSSR count). The molecule has 1 saturated carbocycles. The summed E-state index contributed by atoms with van der Waals surface area (Å²) in [6.07, 6.45) is 1.58. The van der Waals surface area contributed by atoms with Gasteiger partial charge in [-0.3, -0.25) is 0 Å². The fourth-order valence-electron chi connectivity index (χ4n) is 1.84. The lowest BCUT2D eigenvalue weighted by Gasteiger charge is -2.32. The van der Waals surface area contributed by atoms with E-state index in [1.165, 1.54) is 5.51 Å². The van der Waals surface area contributed by atoms with Crippen LogP contribution in [0.1, 0.15) is 30.3 Å². The van der Waals surface area contributed by atoms with Gasteiger partial charge in [0.05, 0.1) is 5.51 Å². The molecule has 6 nitrogen and oxygen atoms in total. The van der Waals surface area contributed by atoms with Crippen LogP contribution in [0.4, 0.5) is 0 Å². The van der Waals surface area contributed by atoms with Gasteiger partial charge in [0.25, 0.3) is 10.0 Å². The zero-order valence-corrected chi connectivity index (χ0v) is 10.7. The summed E-state index contributed by atoms with van der Waals surface area (Å²) in [7, 11) is -3.75. The van der Waals surface area contributed by atoms with E-state index in [1.54, 1.807) is 0 Å². The van der Waals surface area contributed by atoms with Crippen molar-refractivity contribution in [3.8, 4) is 0 Å². The van der Waals surface area contributed by atoms with Gasteiger partial charge in [-0.15, -0.1) is 11.3 Å². The van der Waals surface area contributed by atoms with Gasteiger partial charge in [0, 0.05) is 6.04 Å². The number of hydrogen-bond donors (Lipinski definition) is 2. The first-order valence-electron chi connectivity index (χ1n) is 5.09. The van der Waals surface area contributed by atoms with Gasteiger partial charge in [-0.05, 0) is 18.8 Å². The summed E-state index contributed by atoms with van der Waals surface area (Å²) < 4.78 is 26.1. The van der Waals surface area contributed by atoms with Crippen molar-refractivity contribution in [2.45, 2.75) is 30.0 Å². The van der Waals surface area contributed by atoms with Crippen molar-refractivity contribution >= 4 is 27.3 Å². The lowest BCUT2D eigenvalue weighted by Crippen LogP contribution is -2.43. The lowest BCUT2D eigenvalue weighted by molar-refractivity contribution is 0.0687. The summed E-state index contributed by atoms with van der Waals surface area (Å²) in [6, 6.07) is -0.0845. The van der Waals surface area contributed by atoms with Gasteiger partial charge >= 0.3 is 5.97 Å². The number of carboxylic acids is 1. The predicted octanol–water partition coefficient (Wildman–Crippen LogP) is 0.918. The summed E-state index contributed by atoms with van der Waals surface area (Å²) in [5.41, 5.74) is 0.816. The third kappa shape index (κ3) is 2.48. The monoisotopic (exact) mass is 276 g/mol. The summed E-state index contributed by atoms with van der Waals surface area (Å²) in [5.74, 6) is -0.809. The van der Waals surface area contributed by atoms with Gasteiger partial charge in [-0.25, -0.2) is 22.9 Å². The number of carboxylic acid groups (broad SMARTS) is 1. The van der Waals surface area contributed by atoms with E-state index in [4.69, 9.17) is 5.11 Å². The second-order valence-electron chi connectivity index (χ2n) is 4.19. The van der Waals surface area contributed by atoms with Gasteiger partial charge in [0.2, 0.25) is 0 Å². The standard InChI is InChI=1S/C9H12N2O4S2/c1-5-2-6(3-5)11-17(14,15)9-7(8(12)13)10-4-16-9/h4-6,11H,2-3H2,1H3,(H,12,13). The highest BCUT2D eigenvalue weighted by Crippen LogP contribution is 2.29. The van der Waals surface area contributed by atoms with Gasteiger partial charge in [0.15, 0.2) is 9.90 Å². The van der Waals surface area contributed by atoms with Crippen LogP contribution in [0, 0.1) is 5.92 Å². The molecule has 0 bridgehead atoms. The molecule has 1 aliphatic rings. The summed E-state index contributed by atoms with van der Waals surface area (Å²) >= 11 is 0.820. The maximum absolute atomic E-state index is 11.9. The zero-order chi connectivity index (χ0) is 12.6. The van der Waals surface area contributed by atoms with Crippen molar-refractivity contribution in [3.05, 3.63) is 11.2 Å². The number of thiazole rings is 1. The third-order valence-electron chi connectivity index (χ3n) is 2.68. The number of aromatic nitrogens is 1. The smallest absolute Gasteiger partial charge is 0.356 e. The number of nitrogens with one attached hydrogen (secondary N) is 1. The second kappa shape index (κ2) is 4.35. The number of hydrogen-bond acceptors (Lipinski definition) is 5. The van der Waals surface area contributed by atoms with E-state index in [0.717, 1.165) is 24.2 Å². The molecule has 0 radical (unpaired) electrons. The van der Waals surface area contributed by atoms with E-state index in [9.17, 15) is 13.2 Å². The lowest BCUT2D eigenvalue weighted by atomic mass is 9.83. The molecule has 0 aliphatic heterocycles. The largest absolute Gasteiger partial charge is 0.476 e. The maximum Gasteiger partial charge on any atom is 0.356 e. The number of sulfonamides is 1. The molecule has 1 aliphatic carbocycles. The van der Waals surface area contributed by atoms with E-state index in [1.807, 2.05) is 6.92 Å². The average molecular weight is 276 g/mol. The van der Waals surface area contributed by atoms with E-state index < -0.39 is 21.7 Å². The first-order valence-corrected chi connectivity index (χ1v) is 7.45. The van der Waals surface area contributed by atoms with Crippen LogP contribution in [-0.2, 0) is 10.0 Å². The van der Waals surface area contributed by atoms with Crippen LogP contribution >= 0.6 is 11.3 Å². The zero-order valence-electron chi connectivity index (χ0n) is 9.08. The first kappa shape index (κ1) is 12.5. The molecule has 0 unspecified atom stereocenters. The number of nitrogens with zero attached hydrogens (tertiary/aromatic N) is 1. The topological polar surface area (TPSA) is 96.4 Å². The number of rotatable bonds is 4. The molecule has 2 N–H and O–H groups in total. The second-order valence-corrected chi connectivity index (χ2v) is 6.95. The summed E-state index contributed by atoms with van der Waals surface area (Å²) in [6.45, 7) is 2.04. The predicted molar refractivity (Wildman–Crippen MR) is 61.6 cm³/mol. The van der Waals surface area contributed by atoms with Crippen LogP contribution in [-0.4, -0.2) is 30.5 Å². The van der Waals surface area contributed by atoms with E-state index in [-0.39, 0.29) is 10.3 Å². The Hall–Kier alpha value is -0.990. The van der Waals surface area contributed by atoms with Crippen molar-refractivity contribution in [2.75, 3.05) is 0 Å². The molecule has 8 heteroatoms. The van der Waals surface area contributed by atoms with E-state index in [0.29, 0.717) is 5.92 Å². The summed E-state index contributed by atoms with van der Waals surface area (Å²) in [4.78, 5) is 14.4. The number of aromatic carboxylic acids is 1. The molecule has 1 heterocycles. The third-order valence-corrected chi connectivity index (χ3v) is 5.57. The quantitative estimate of drug-likeness (QED) is 0.852. The van der Waals surface area contributed by atoms with Crippen LogP contribution in [0.2, 0.25) is 0 Å². The highest BCUT2D eigenvalue weighted by Gasteiger charge is 2.33. The van der Waals surface area contributed by atoms with Crippen LogP contribution < -0.4 is 4.72 Å². The normalized spacial score (nSPS) is 24.3. The Kier molecular flexibility index (Phi) is 3.19. The Morgan fingerprint density at radius 2 is 2.24 bits per heavy atom. The van der Waals surface area contributed by atoms with Gasteiger partial charge < -0.3 is 5.11 Å². The van der Waals surface area contributed by atoms with Crippen molar-refractivity contribution in [1.82, 2.24) is 9.71 Å². The van der Waals surface area contributed by atoms with Gasteiger partial charge in [0.1, 0.15) is 0 Å². The molecule has 1 fully saturated rings. The molecule has 0 atom stereocenters. The Labute approximate surface area is 103 Å². The Morgan fingerprint density at radius 3 is 2.76 bits per heavy atom. The molecule has 0 spiro atoms. The van der Waals surface area contributed by atoms with Crippen molar-refractivity contribution in [2.24, 2.45) is 5.92 Å². The van der Waals surface area contributed by atoms with Crippen molar-refractivity contribution in [3.63, 3.8) is 0 Å². The Morgan fingerprint density at radius 1 is 1.59 bits per heavy atom. The SMILES string of the molecule is CC1CC(NS(=O)(=O)c2scnc2C(=O)O)C1. The van der Waals surface area contributed by atoms with Crippen LogP contribution in [0.25, 0.3) is 0 Å². The minimum absolute atomic E-state index is 0.0845. The molecule has 1 aromatic rings. The molecule has 94 valence electrons. The first-order chi connectivity index (χ1) is 7.90. The molecule has 17 heavy (non-hydrogen) atoms. The van der Waals surface area contributed by atoms with Gasteiger partial charge in [-0.1, -0.05) is 6.92 Å².